The number of hydrogen-bond donors (Lipinski definition) is 3. The van der Waals surface area contributed by atoms with Crippen molar-refractivity contribution in [3.8, 4) is 5.75 Å². The first-order chi connectivity index (χ1) is 18.4. The summed E-state index contributed by atoms with van der Waals surface area (Å²) in [6.07, 6.45) is -6.89. The average molecular weight is 597 g/mol. The summed E-state index contributed by atoms with van der Waals surface area (Å²) in [5.74, 6) is -5.40. The van der Waals surface area contributed by atoms with Crippen molar-refractivity contribution in [3.63, 3.8) is 0 Å². The number of sulfonamides is 1. The molecule has 1 fully saturated rings. The molecular weight excluding hydrogens is 576 g/mol. The molecule has 2 aliphatic heterocycles. The molecule has 3 amide bonds. The van der Waals surface area contributed by atoms with Crippen molar-refractivity contribution in [3.05, 3.63) is 41.5 Å². The molecule has 3 N–H and O–H groups in total. The largest absolute Gasteiger partial charge is 0.488 e. The summed E-state index contributed by atoms with van der Waals surface area (Å²) in [6.45, 7) is -0.652. The highest BCUT2D eigenvalue weighted by atomic mass is 32.2. The molecule has 1 aromatic carbocycles. The molecule has 0 unspecified atom stereocenters. The van der Waals surface area contributed by atoms with E-state index in [1.54, 1.807) is 0 Å². The van der Waals surface area contributed by atoms with Crippen LogP contribution in [0.5, 0.6) is 5.75 Å². The molecule has 1 spiro atoms. The van der Waals surface area contributed by atoms with Crippen LogP contribution in [0.3, 0.4) is 0 Å². The van der Waals surface area contributed by atoms with Gasteiger partial charge in [-0.15, -0.1) is 0 Å². The number of aromatic nitrogens is 1. The number of benzene rings is 1. The minimum Gasteiger partial charge on any atom is -0.488 e. The van der Waals surface area contributed by atoms with Crippen molar-refractivity contribution in [1.82, 2.24) is 19.5 Å². The number of anilines is 1. The second-order valence-corrected chi connectivity index (χ2v) is 11.0. The number of fused-ring (bicyclic) bond motifs is 1. The minimum atomic E-state index is -4.78. The molecule has 218 valence electrons. The predicted octanol–water partition coefficient (Wildman–Crippen LogP) is 1.67. The van der Waals surface area contributed by atoms with Crippen LogP contribution in [0.1, 0.15) is 29.4 Å². The molecular formula is C22H21F6N5O6S. The van der Waals surface area contributed by atoms with Gasteiger partial charge in [-0.3, -0.25) is 14.4 Å². The van der Waals surface area contributed by atoms with Gasteiger partial charge in [-0.05, 0) is 25.1 Å². The fraction of sp³-hybridized carbons (Fsp3) is 0.409. The summed E-state index contributed by atoms with van der Waals surface area (Å²) in [5.41, 5.74) is -2.95. The maximum absolute atomic E-state index is 13.6. The Morgan fingerprint density at radius 2 is 1.82 bits per heavy atom. The van der Waals surface area contributed by atoms with Crippen LogP contribution < -0.4 is 20.1 Å². The number of rotatable bonds is 4. The third-order valence-corrected chi connectivity index (χ3v) is 7.82. The number of aryl methyl sites for hydroxylation is 1. The van der Waals surface area contributed by atoms with E-state index in [0.29, 0.717) is 6.92 Å². The molecule has 1 saturated heterocycles. The van der Waals surface area contributed by atoms with E-state index in [-0.39, 0.29) is 11.4 Å². The van der Waals surface area contributed by atoms with E-state index >= 15 is 0 Å². The molecule has 40 heavy (non-hydrogen) atoms. The van der Waals surface area contributed by atoms with Gasteiger partial charge in [0.1, 0.15) is 28.9 Å². The second kappa shape index (κ2) is 9.99. The Hall–Kier alpha value is -3.80. The maximum atomic E-state index is 13.6. The van der Waals surface area contributed by atoms with Crippen molar-refractivity contribution in [2.45, 2.75) is 36.0 Å². The van der Waals surface area contributed by atoms with Crippen LogP contribution in [0.15, 0.2) is 29.3 Å². The Morgan fingerprint density at radius 1 is 1.18 bits per heavy atom. The smallest absolute Gasteiger partial charge is 0.408 e. The standard InChI is InChI=1S/C22H21F6N5O6S/c1-10(22(26,27)28)29-19(35)20(36)33-7-21(8-33)9-39-16-14(40(37,38)31-21)6-32(2)15(16)18(34)30-11-3-4-13(23)12(5-11)17(24)25/h3-6,10,17,31H,7-9H2,1-2H3,(H,29,35)(H,30,34)/t10-/m0/s1. The second-order valence-electron chi connectivity index (χ2n) is 9.35. The van der Waals surface area contributed by atoms with Crippen LogP contribution in [0.2, 0.25) is 0 Å². The van der Waals surface area contributed by atoms with Gasteiger partial charge in [0.05, 0.1) is 5.56 Å². The first-order valence-corrected chi connectivity index (χ1v) is 12.8. The van der Waals surface area contributed by atoms with E-state index in [0.717, 1.165) is 33.9 Å². The van der Waals surface area contributed by atoms with E-state index in [1.807, 2.05) is 0 Å². The molecule has 0 aliphatic carbocycles. The Kier molecular flexibility index (Phi) is 7.29. The van der Waals surface area contributed by atoms with Gasteiger partial charge in [0.25, 0.3) is 12.3 Å². The Labute approximate surface area is 222 Å². The fourth-order valence-corrected chi connectivity index (χ4v) is 5.76. The summed E-state index contributed by atoms with van der Waals surface area (Å²) in [7, 11) is -3.08. The van der Waals surface area contributed by atoms with Gasteiger partial charge in [0.2, 0.25) is 10.0 Å². The molecule has 0 saturated carbocycles. The van der Waals surface area contributed by atoms with Gasteiger partial charge in [0, 0.05) is 32.0 Å². The minimum absolute atomic E-state index is 0.200. The summed E-state index contributed by atoms with van der Waals surface area (Å²) < 4.78 is 113. The zero-order valence-electron chi connectivity index (χ0n) is 20.6. The van der Waals surface area contributed by atoms with Crippen molar-refractivity contribution >= 4 is 33.4 Å². The average Bonchev–Trinajstić information content (AvgIpc) is 3.11. The number of likely N-dealkylation sites (tertiary alicyclic amines) is 1. The topological polar surface area (TPSA) is 139 Å². The number of halogens is 6. The zero-order valence-corrected chi connectivity index (χ0v) is 21.4. The first-order valence-electron chi connectivity index (χ1n) is 11.4. The lowest BCUT2D eigenvalue weighted by atomic mass is 9.92. The first kappa shape index (κ1) is 29.2. The summed E-state index contributed by atoms with van der Waals surface area (Å²) in [5, 5.41) is 3.81. The van der Waals surface area contributed by atoms with Gasteiger partial charge in [-0.2, -0.15) is 17.9 Å². The van der Waals surface area contributed by atoms with E-state index in [4.69, 9.17) is 4.74 Å². The summed E-state index contributed by atoms with van der Waals surface area (Å²) in [4.78, 5) is 37.6. The van der Waals surface area contributed by atoms with Crippen LogP contribution in [-0.2, 0) is 26.7 Å². The molecule has 18 heteroatoms. The van der Waals surface area contributed by atoms with E-state index in [1.165, 1.54) is 12.4 Å². The maximum Gasteiger partial charge on any atom is 0.408 e. The van der Waals surface area contributed by atoms with Gasteiger partial charge in [-0.1, -0.05) is 0 Å². The highest BCUT2D eigenvalue weighted by Gasteiger charge is 2.53. The number of carbonyl (C=O) groups is 3. The van der Waals surface area contributed by atoms with Gasteiger partial charge < -0.3 is 24.8 Å². The lowest BCUT2D eigenvalue weighted by Gasteiger charge is -2.48. The molecule has 3 heterocycles. The number of carbonyl (C=O) groups excluding carboxylic acids is 3. The molecule has 0 radical (unpaired) electrons. The number of hydrogen-bond acceptors (Lipinski definition) is 6. The van der Waals surface area contributed by atoms with Gasteiger partial charge >= 0.3 is 18.0 Å². The summed E-state index contributed by atoms with van der Waals surface area (Å²) >= 11 is 0. The van der Waals surface area contributed by atoms with Crippen molar-refractivity contribution in [1.29, 1.82) is 0 Å². The van der Waals surface area contributed by atoms with Crippen molar-refractivity contribution < 1.29 is 53.9 Å². The van der Waals surface area contributed by atoms with Crippen LogP contribution in [0, 0.1) is 5.82 Å². The number of nitrogens with one attached hydrogen (secondary N) is 3. The number of amides is 3. The molecule has 11 nitrogen and oxygen atoms in total. The molecule has 4 rings (SSSR count). The lowest BCUT2D eigenvalue weighted by molar-refractivity contribution is -0.164. The number of nitrogens with zero attached hydrogens (tertiary/aromatic N) is 2. The molecule has 0 bridgehead atoms. The summed E-state index contributed by atoms with van der Waals surface area (Å²) in [6, 6.07) is 0.181. The van der Waals surface area contributed by atoms with Gasteiger partial charge in [0.15, 0.2) is 11.4 Å². The Morgan fingerprint density at radius 3 is 2.42 bits per heavy atom. The van der Waals surface area contributed by atoms with E-state index in [2.05, 4.69) is 10.0 Å². The van der Waals surface area contributed by atoms with Gasteiger partial charge in [-0.25, -0.2) is 21.6 Å². The molecule has 1 atom stereocenters. The van der Waals surface area contributed by atoms with Crippen LogP contribution in [-0.4, -0.2) is 73.1 Å². The number of ether oxygens (including phenoxy) is 1. The van der Waals surface area contributed by atoms with Crippen LogP contribution in [0.4, 0.5) is 32.0 Å². The molecule has 2 aliphatic rings. The normalized spacial score (nSPS) is 18.3. The number of alkyl halides is 5. The zero-order chi connectivity index (χ0) is 29.8. The van der Waals surface area contributed by atoms with Crippen molar-refractivity contribution in [2.75, 3.05) is 25.0 Å². The van der Waals surface area contributed by atoms with Crippen LogP contribution >= 0.6 is 0 Å². The predicted molar refractivity (Wildman–Crippen MR) is 124 cm³/mol. The van der Waals surface area contributed by atoms with E-state index in [9.17, 15) is 49.1 Å². The lowest BCUT2D eigenvalue weighted by Crippen LogP contribution is -2.74. The highest BCUT2D eigenvalue weighted by Crippen LogP contribution is 2.37. The molecule has 1 aromatic heterocycles. The molecule has 2 aromatic rings. The third kappa shape index (κ3) is 5.45. The van der Waals surface area contributed by atoms with E-state index < -0.39 is 93.6 Å². The third-order valence-electron chi connectivity index (χ3n) is 6.25. The van der Waals surface area contributed by atoms with Crippen molar-refractivity contribution in [2.24, 2.45) is 7.05 Å². The van der Waals surface area contributed by atoms with Crippen LogP contribution in [0.25, 0.3) is 0 Å². The Balaban J connectivity index is 1.51. The Bertz CT molecular complexity index is 1490. The SMILES string of the molecule is C[C@H](NC(=O)C(=O)N1CC2(COc3c(cn(C)c3C(=O)Nc3ccc(F)c(C(F)F)c3)S(=O)(=O)N2)C1)C(F)(F)F. The quantitative estimate of drug-likeness (QED) is 0.362. The fourth-order valence-electron chi connectivity index (χ4n) is 4.20. The highest BCUT2D eigenvalue weighted by molar-refractivity contribution is 7.89. The monoisotopic (exact) mass is 597 g/mol.